The van der Waals surface area contributed by atoms with Crippen molar-refractivity contribution in [3.8, 4) is 0 Å². The van der Waals surface area contributed by atoms with Crippen LogP contribution in [-0.4, -0.2) is 12.6 Å². The van der Waals surface area contributed by atoms with Crippen LogP contribution in [0.5, 0.6) is 0 Å². The predicted molar refractivity (Wildman–Crippen MR) is 61.8 cm³/mol. The van der Waals surface area contributed by atoms with Gasteiger partial charge in [-0.3, -0.25) is 0 Å². The summed E-state index contributed by atoms with van der Waals surface area (Å²) in [6, 6.07) is 8.55. The smallest absolute Gasteiger partial charge is 0.211 e. The van der Waals surface area contributed by atoms with E-state index in [1.807, 2.05) is 0 Å². The Morgan fingerprint density at radius 2 is 2.00 bits per heavy atom. The summed E-state index contributed by atoms with van der Waals surface area (Å²) in [5.74, 6) is 0.294. The summed E-state index contributed by atoms with van der Waals surface area (Å²) in [6.07, 6.45) is 3.87. The van der Waals surface area contributed by atoms with Crippen molar-refractivity contribution < 1.29 is 4.79 Å². The lowest BCUT2D eigenvalue weighted by atomic mass is 9.99. The van der Waals surface area contributed by atoms with Crippen molar-refractivity contribution in [3.05, 3.63) is 35.4 Å². The second kappa shape index (κ2) is 6.15. The van der Waals surface area contributed by atoms with E-state index in [0.29, 0.717) is 12.5 Å². The number of nitrogens with zero attached hydrogens (tertiary/aromatic N) is 1. The summed E-state index contributed by atoms with van der Waals surface area (Å²) >= 11 is 0. The fourth-order valence-corrected chi connectivity index (χ4v) is 1.58. The first-order chi connectivity index (χ1) is 7.27. The molecule has 2 nitrogen and oxygen atoms in total. The molecule has 0 spiro atoms. The first kappa shape index (κ1) is 11.7. The molecule has 0 aliphatic carbocycles. The zero-order chi connectivity index (χ0) is 11.1. The fourth-order valence-electron chi connectivity index (χ4n) is 1.58. The molecule has 0 saturated carbocycles. The third-order valence-electron chi connectivity index (χ3n) is 2.52. The monoisotopic (exact) mass is 203 g/mol. The largest absolute Gasteiger partial charge is 0.234 e. The van der Waals surface area contributed by atoms with Crippen LogP contribution in [0.2, 0.25) is 0 Å². The van der Waals surface area contributed by atoms with Gasteiger partial charge >= 0.3 is 0 Å². The lowest BCUT2D eigenvalue weighted by Gasteiger charge is -2.08. The first-order valence-corrected chi connectivity index (χ1v) is 5.40. The molecule has 1 aromatic rings. The minimum Gasteiger partial charge on any atom is -0.211 e. The van der Waals surface area contributed by atoms with Crippen LogP contribution in [0.4, 0.5) is 0 Å². The molecule has 0 bridgehead atoms. The van der Waals surface area contributed by atoms with Crippen LogP contribution in [0.3, 0.4) is 0 Å². The maximum atomic E-state index is 9.99. The van der Waals surface area contributed by atoms with Crippen molar-refractivity contribution in [2.75, 3.05) is 6.54 Å². The molecule has 0 N–H and O–H groups in total. The summed E-state index contributed by atoms with van der Waals surface area (Å²) in [6.45, 7) is 4.77. The summed E-state index contributed by atoms with van der Waals surface area (Å²) in [5.41, 5.74) is 2.60. The van der Waals surface area contributed by atoms with E-state index in [1.165, 1.54) is 17.5 Å². The highest BCUT2D eigenvalue weighted by Crippen LogP contribution is 2.16. The number of benzene rings is 1. The van der Waals surface area contributed by atoms with Gasteiger partial charge in [0.25, 0.3) is 0 Å². The number of aliphatic imine (C=N–C) groups is 1. The first-order valence-electron chi connectivity index (χ1n) is 5.40. The van der Waals surface area contributed by atoms with Gasteiger partial charge in [0.1, 0.15) is 0 Å². The molecule has 15 heavy (non-hydrogen) atoms. The Morgan fingerprint density at radius 1 is 1.33 bits per heavy atom. The van der Waals surface area contributed by atoms with Crippen LogP contribution < -0.4 is 0 Å². The van der Waals surface area contributed by atoms with E-state index < -0.39 is 0 Å². The van der Waals surface area contributed by atoms with Crippen LogP contribution >= 0.6 is 0 Å². The van der Waals surface area contributed by atoms with E-state index in [4.69, 9.17) is 0 Å². The lowest BCUT2D eigenvalue weighted by Crippen LogP contribution is -1.97. The second-order valence-corrected chi connectivity index (χ2v) is 3.82. The van der Waals surface area contributed by atoms with E-state index in [-0.39, 0.29) is 0 Å². The number of hydrogen-bond donors (Lipinski definition) is 0. The van der Waals surface area contributed by atoms with Crippen LogP contribution in [-0.2, 0) is 11.2 Å². The Balaban J connectivity index is 2.66. The van der Waals surface area contributed by atoms with Gasteiger partial charge in [0.15, 0.2) is 0 Å². The van der Waals surface area contributed by atoms with E-state index in [1.54, 1.807) is 6.08 Å². The predicted octanol–water partition coefficient (Wildman–Crippen LogP) is 3.08. The molecule has 0 radical (unpaired) electrons. The van der Waals surface area contributed by atoms with Crippen molar-refractivity contribution in [2.45, 2.75) is 32.6 Å². The van der Waals surface area contributed by atoms with Gasteiger partial charge < -0.3 is 0 Å². The Kier molecular flexibility index (Phi) is 4.79. The molecular formula is C13H17NO. The van der Waals surface area contributed by atoms with Crippen molar-refractivity contribution >= 4 is 6.08 Å². The zero-order valence-electron chi connectivity index (χ0n) is 9.36. The van der Waals surface area contributed by atoms with Gasteiger partial charge in [-0.2, -0.15) is 0 Å². The molecule has 0 saturated heterocycles. The summed E-state index contributed by atoms with van der Waals surface area (Å²) in [7, 11) is 0. The molecule has 2 heteroatoms. The van der Waals surface area contributed by atoms with Crippen molar-refractivity contribution in [1.82, 2.24) is 0 Å². The maximum Gasteiger partial charge on any atom is 0.234 e. The standard InChI is InChI=1S/C13H17NO/c1-3-4-12-5-7-13(8-6-12)11(2)9-14-10-15/h5-8,11H,3-4,9H2,1-2H3. The zero-order valence-corrected chi connectivity index (χ0v) is 9.36. The van der Waals surface area contributed by atoms with Gasteiger partial charge in [-0.05, 0) is 17.5 Å². The highest BCUT2D eigenvalue weighted by Gasteiger charge is 2.03. The van der Waals surface area contributed by atoms with Crippen molar-refractivity contribution in [1.29, 1.82) is 0 Å². The SMILES string of the molecule is CCCc1ccc(C(C)CN=C=O)cc1. The lowest BCUT2D eigenvalue weighted by molar-refractivity contribution is 0.561. The van der Waals surface area contributed by atoms with Gasteiger partial charge in [0.05, 0.1) is 6.54 Å². The molecule has 1 atom stereocenters. The Labute approximate surface area is 91.0 Å². The highest BCUT2D eigenvalue weighted by atomic mass is 16.1. The van der Waals surface area contributed by atoms with Gasteiger partial charge in [-0.1, -0.05) is 44.5 Å². The highest BCUT2D eigenvalue weighted by molar-refractivity contribution is 5.33. The Hall–Kier alpha value is -1.40. The van der Waals surface area contributed by atoms with E-state index in [0.717, 1.165) is 6.42 Å². The molecule has 0 fully saturated rings. The van der Waals surface area contributed by atoms with E-state index in [9.17, 15) is 4.79 Å². The number of isocyanates is 1. The third-order valence-corrected chi connectivity index (χ3v) is 2.52. The molecule has 1 unspecified atom stereocenters. The minimum atomic E-state index is 0.294. The fraction of sp³-hybridized carbons (Fsp3) is 0.462. The van der Waals surface area contributed by atoms with Crippen LogP contribution in [0, 0.1) is 0 Å². The molecular weight excluding hydrogens is 186 g/mol. The molecule has 1 rings (SSSR count). The summed E-state index contributed by atoms with van der Waals surface area (Å²) in [4.78, 5) is 13.6. The van der Waals surface area contributed by atoms with Crippen LogP contribution in [0.15, 0.2) is 29.3 Å². The van der Waals surface area contributed by atoms with E-state index in [2.05, 4.69) is 43.1 Å². The summed E-state index contributed by atoms with van der Waals surface area (Å²) in [5, 5.41) is 0. The average Bonchev–Trinajstić information content (AvgIpc) is 2.27. The van der Waals surface area contributed by atoms with E-state index >= 15 is 0 Å². The van der Waals surface area contributed by atoms with Crippen LogP contribution in [0.1, 0.15) is 37.3 Å². The van der Waals surface area contributed by atoms with Gasteiger partial charge in [0.2, 0.25) is 6.08 Å². The van der Waals surface area contributed by atoms with Crippen molar-refractivity contribution in [3.63, 3.8) is 0 Å². The quantitative estimate of drug-likeness (QED) is 0.534. The normalized spacial score (nSPS) is 11.9. The Morgan fingerprint density at radius 3 is 2.53 bits per heavy atom. The number of carbonyl (C=O) groups excluding carboxylic acids is 1. The second-order valence-electron chi connectivity index (χ2n) is 3.82. The van der Waals surface area contributed by atoms with Crippen molar-refractivity contribution in [2.24, 2.45) is 4.99 Å². The maximum absolute atomic E-state index is 9.99. The topological polar surface area (TPSA) is 29.4 Å². The third kappa shape index (κ3) is 3.69. The average molecular weight is 203 g/mol. The molecule has 0 aliphatic heterocycles. The number of hydrogen-bond acceptors (Lipinski definition) is 2. The molecule has 0 aliphatic rings. The van der Waals surface area contributed by atoms with Gasteiger partial charge in [0, 0.05) is 5.92 Å². The summed E-state index contributed by atoms with van der Waals surface area (Å²) < 4.78 is 0. The van der Waals surface area contributed by atoms with Gasteiger partial charge in [-0.15, -0.1) is 0 Å². The van der Waals surface area contributed by atoms with Crippen LogP contribution in [0.25, 0.3) is 0 Å². The molecule has 1 aromatic carbocycles. The number of aryl methyl sites for hydroxylation is 1. The molecule has 0 heterocycles. The Bertz CT molecular complexity index is 336. The molecule has 0 amide bonds. The molecule has 80 valence electrons. The number of rotatable bonds is 5. The minimum absolute atomic E-state index is 0.294. The van der Waals surface area contributed by atoms with Gasteiger partial charge in [-0.25, -0.2) is 9.79 Å². The molecule has 0 aromatic heterocycles.